The number of aliphatic hydroxyl groups excluding tert-OH is 1. The zero-order valence-electron chi connectivity index (χ0n) is 20.7. The van der Waals surface area contributed by atoms with Gasteiger partial charge in [0.15, 0.2) is 0 Å². The molecule has 1 spiro atoms. The van der Waals surface area contributed by atoms with Gasteiger partial charge < -0.3 is 24.8 Å². The van der Waals surface area contributed by atoms with Crippen LogP contribution in [0.15, 0.2) is 18.2 Å². The lowest BCUT2D eigenvalue weighted by Gasteiger charge is -2.37. The summed E-state index contributed by atoms with van der Waals surface area (Å²) in [7, 11) is 0. The number of carbonyl (C=O) groups is 3. The Morgan fingerprint density at radius 1 is 1.26 bits per heavy atom. The van der Waals surface area contributed by atoms with Crippen molar-refractivity contribution < 1.29 is 29.0 Å². The first-order valence-electron chi connectivity index (χ1n) is 12.4. The van der Waals surface area contributed by atoms with E-state index in [-0.39, 0.29) is 25.0 Å². The average molecular weight is 473 g/mol. The molecule has 1 aromatic carbocycles. The van der Waals surface area contributed by atoms with Gasteiger partial charge in [0.1, 0.15) is 17.6 Å². The maximum absolute atomic E-state index is 13.9. The Bertz CT molecular complexity index is 992. The van der Waals surface area contributed by atoms with Crippen molar-refractivity contribution in [3.05, 3.63) is 29.3 Å². The number of aliphatic hydroxyl groups is 1. The predicted molar refractivity (Wildman–Crippen MR) is 126 cm³/mol. The minimum absolute atomic E-state index is 0.206. The number of fused-ring (bicyclic) bond motifs is 1. The van der Waals surface area contributed by atoms with E-state index in [0.717, 1.165) is 11.1 Å². The van der Waals surface area contributed by atoms with Crippen LogP contribution < -0.4 is 5.32 Å². The van der Waals surface area contributed by atoms with Gasteiger partial charge in [-0.3, -0.25) is 14.4 Å². The van der Waals surface area contributed by atoms with E-state index in [1.807, 2.05) is 45.9 Å². The Kier molecular flexibility index (Phi) is 6.50. The third-order valence-electron chi connectivity index (χ3n) is 8.13. The number of aryl methyl sites for hydroxylation is 2. The molecule has 2 N–H and O–H groups in total. The molecule has 8 nitrogen and oxygen atoms in total. The van der Waals surface area contributed by atoms with E-state index in [1.165, 1.54) is 4.90 Å². The summed E-state index contributed by atoms with van der Waals surface area (Å²) in [4.78, 5) is 42.5. The van der Waals surface area contributed by atoms with Crippen molar-refractivity contribution in [2.75, 3.05) is 18.5 Å². The smallest absolute Gasteiger partial charge is 0.312 e. The molecule has 4 rings (SSSR count). The quantitative estimate of drug-likeness (QED) is 0.564. The Balaban J connectivity index is 1.80. The van der Waals surface area contributed by atoms with Crippen molar-refractivity contribution >= 4 is 23.5 Å². The van der Waals surface area contributed by atoms with Crippen LogP contribution in [0.2, 0.25) is 0 Å². The molecule has 34 heavy (non-hydrogen) atoms. The number of hydrogen-bond donors (Lipinski definition) is 2. The summed E-state index contributed by atoms with van der Waals surface area (Å²) in [6.07, 6.45) is 2.09. The number of benzene rings is 1. The first-order valence-corrected chi connectivity index (χ1v) is 12.4. The third kappa shape index (κ3) is 3.45. The first-order chi connectivity index (χ1) is 16.2. The summed E-state index contributed by atoms with van der Waals surface area (Å²) in [5.41, 5.74) is 0.633. The lowest BCUT2D eigenvalue weighted by atomic mass is 9.65. The van der Waals surface area contributed by atoms with Crippen LogP contribution >= 0.6 is 0 Å². The molecule has 1 aromatic rings. The number of carbonyl (C=O) groups excluding carboxylic acids is 3. The summed E-state index contributed by atoms with van der Waals surface area (Å²) in [6, 6.07) is 4.31. The number of likely N-dealkylation sites (tertiary alicyclic amines) is 1. The van der Waals surface area contributed by atoms with Crippen LogP contribution in [-0.2, 0) is 23.9 Å². The Morgan fingerprint density at radius 2 is 2.00 bits per heavy atom. The van der Waals surface area contributed by atoms with E-state index in [1.54, 1.807) is 6.92 Å². The molecule has 2 bridgehead atoms. The number of nitrogens with one attached hydrogen (secondary N) is 1. The van der Waals surface area contributed by atoms with E-state index in [0.29, 0.717) is 31.4 Å². The molecule has 2 unspecified atom stereocenters. The average Bonchev–Trinajstić information content (AvgIpc) is 3.41. The first kappa shape index (κ1) is 24.7. The fraction of sp³-hybridized carbons (Fsp3) is 0.654. The number of rotatable bonds is 8. The van der Waals surface area contributed by atoms with Crippen molar-refractivity contribution in [2.45, 2.75) is 83.6 Å². The maximum Gasteiger partial charge on any atom is 0.312 e. The molecule has 6 atom stereocenters. The van der Waals surface area contributed by atoms with Crippen LogP contribution in [0, 0.1) is 25.7 Å². The van der Waals surface area contributed by atoms with Crippen LogP contribution in [0.4, 0.5) is 5.69 Å². The van der Waals surface area contributed by atoms with E-state index < -0.39 is 41.1 Å². The zero-order chi connectivity index (χ0) is 24.8. The molecule has 3 saturated heterocycles. The molecule has 3 fully saturated rings. The van der Waals surface area contributed by atoms with Crippen LogP contribution in [0.25, 0.3) is 0 Å². The second kappa shape index (κ2) is 8.96. The van der Waals surface area contributed by atoms with Crippen LogP contribution in [0.1, 0.15) is 57.6 Å². The highest BCUT2D eigenvalue weighted by Crippen LogP contribution is 2.64. The van der Waals surface area contributed by atoms with Crippen molar-refractivity contribution in [1.29, 1.82) is 0 Å². The topological polar surface area (TPSA) is 105 Å². The fourth-order valence-corrected chi connectivity index (χ4v) is 6.42. The van der Waals surface area contributed by atoms with Gasteiger partial charge in [-0.2, -0.15) is 0 Å². The van der Waals surface area contributed by atoms with E-state index >= 15 is 0 Å². The molecule has 0 radical (unpaired) electrons. The highest BCUT2D eigenvalue weighted by Gasteiger charge is 2.79. The second-order valence-corrected chi connectivity index (χ2v) is 9.88. The number of nitrogens with zero attached hydrogens (tertiary/aromatic N) is 1. The van der Waals surface area contributed by atoms with Crippen molar-refractivity contribution in [3.63, 3.8) is 0 Å². The van der Waals surface area contributed by atoms with Gasteiger partial charge in [0.25, 0.3) is 0 Å². The van der Waals surface area contributed by atoms with Crippen molar-refractivity contribution in [3.8, 4) is 0 Å². The number of ether oxygens (including phenoxy) is 2. The SMILES string of the molecule is CCOC(=O)[C@H]1[C@H]2C(=O)N([C@@H](CC)CO)C(C(=O)Nc3cc(C)ccc3C)C23CC[C@]1(CC)O3. The number of hydrogen-bond acceptors (Lipinski definition) is 6. The summed E-state index contributed by atoms with van der Waals surface area (Å²) in [5.74, 6) is -2.69. The minimum atomic E-state index is -1.13. The molecule has 0 aromatic heterocycles. The van der Waals surface area contributed by atoms with Crippen LogP contribution in [0.5, 0.6) is 0 Å². The molecule has 0 aliphatic carbocycles. The van der Waals surface area contributed by atoms with Crippen LogP contribution in [-0.4, -0.2) is 64.3 Å². The van der Waals surface area contributed by atoms with Gasteiger partial charge >= 0.3 is 5.97 Å². The second-order valence-electron chi connectivity index (χ2n) is 9.88. The summed E-state index contributed by atoms with van der Waals surface area (Å²) in [5, 5.41) is 13.1. The van der Waals surface area contributed by atoms with Crippen molar-refractivity contribution in [1.82, 2.24) is 4.90 Å². The van der Waals surface area contributed by atoms with E-state index in [2.05, 4.69) is 5.32 Å². The minimum Gasteiger partial charge on any atom is -0.466 e. The lowest BCUT2D eigenvalue weighted by molar-refractivity contribution is -0.161. The monoisotopic (exact) mass is 472 g/mol. The molecule has 8 heteroatoms. The standard InChI is InChI=1S/C26H36N2O6/c1-6-17(14-29)28-21(22(30)27-18-13-15(4)9-10-16(18)5)26-12-11-25(7-2,34-26)20(19(26)23(28)31)24(32)33-8-3/h9-10,13,17,19-21,29H,6-8,11-12,14H2,1-5H3,(H,27,30)/t17-,19-,20+,21?,25-,26?/m0/s1. The molecule has 3 aliphatic rings. The normalized spacial score (nSPS) is 32.6. The molecular weight excluding hydrogens is 436 g/mol. The Hall–Kier alpha value is -2.45. The molecule has 2 amide bonds. The van der Waals surface area contributed by atoms with Gasteiger partial charge in [0.05, 0.1) is 30.8 Å². The van der Waals surface area contributed by atoms with Crippen molar-refractivity contribution in [2.24, 2.45) is 11.8 Å². The van der Waals surface area contributed by atoms with Gasteiger partial charge in [-0.05, 0) is 63.6 Å². The maximum atomic E-state index is 13.9. The summed E-state index contributed by atoms with van der Waals surface area (Å²) < 4.78 is 12.0. The molecular formula is C26H36N2O6. The van der Waals surface area contributed by atoms with Gasteiger partial charge in [-0.15, -0.1) is 0 Å². The highest BCUT2D eigenvalue weighted by atomic mass is 16.6. The molecule has 3 aliphatic heterocycles. The number of esters is 1. The Labute approximate surface area is 201 Å². The largest absolute Gasteiger partial charge is 0.466 e. The molecule has 3 heterocycles. The zero-order valence-corrected chi connectivity index (χ0v) is 20.7. The van der Waals surface area contributed by atoms with E-state index in [9.17, 15) is 19.5 Å². The Morgan fingerprint density at radius 3 is 2.62 bits per heavy atom. The third-order valence-corrected chi connectivity index (χ3v) is 8.13. The number of anilines is 1. The predicted octanol–water partition coefficient (Wildman–Crippen LogP) is 2.73. The lowest BCUT2D eigenvalue weighted by Crippen LogP contribution is -2.56. The van der Waals surface area contributed by atoms with E-state index in [4.69, 9.17) is 9.47 Å². The van der Waals surface area contributed by atoms with Gasteiger partial charge in [0.2, 0.25) is 11.8 Å². The summed E-state index contributed by atoms with van der Waals surface area (Å²) >= 11 is 0. The van der Waals surface area contributed by atoms with Crippen LogP contribution in [0.3, 0.4) is 0 Å². The molecule has 0 saturated carbocycles. The van der Waals surface area contributed by atoms with Gasteiger partial charge in [-0.1, -0.05) is 26.0 Å². The molecule has 186 valence electrons. The van der Waals surface area contributed by atoms with Gasteiger partial charge in [0, 0.05) is 5.69 Å². The highest BCUT2D eigenvalue weighted by molar-refractivity contribution is 6.03. The number of amides is 2. The summed E-state index contributed by atoms with van der Waals surface area (Å²) in [6.45, 7) is 9.35. The van der Waals surface area contributed by atoms with Gasteiger partial charge in [-0.25, -0.2) is 0 Å². The fourth-order valence-electron chi connectivity index (χ4n) is 6.42.